The first-order valence-corrected chi connectivity index (χ1v) is 7.00. The summed E-state index contributed by atoms with van der Waals surface area (Å²) in [7, 11) is 0. The first kappa shape index (κ1) is 12.9. The molecule has 0 aliphatic rings. The van der Waals surface area contributed by atoms with Crippen molar-refractivity contribution in [3.05, 3.63) is 56.2 Å². The Balaban J connectivity index is 1.92. The van der Waals surface area contributed by atoms with Gasteiger partial charge in [-0.15, -0.1) is 11.3 Å². The number of hydrogen-bond acceptors (Lipinski definition) is 2. The van der Waals surface area contributed by atoms with Crippen LogP contribution in [-0.2, 0) is 6.54 Å². The molecule has 1 N–H and O–H groups in total. The standard InChI is InChI=1S/C13H13Cl2NS/c1-9(11-6-13(15)17-8-11)16-7-10-2-4-12(14)5-3-10/h2-6,8-9,16H,7H2,1H3. The molecular formula is C13H13Cl2NS. The highest BCUT2D eigenvalue weighted by molar-refractivity contribution is 7.14. The number of hydrogen-bond donors (Lipinski definition) is 1. The Kier molecular flexibility index (Phi) is 4.46. The third-order valence-electron chi connectivity index (χ3n) is 2.61. The minimum atomic E-state index is 0.300. The molecule has 0 aliphatic heterocycles. The average molecular weight is 286 g/mol. The minimum Gasteiger partial charge on any atom is -0.306 e. The molecule has 2 aromatic rings. The lowest BCUT2D eigenvalue weighted by Crippen LogP contribution is -2.17. The number of rotatable bonds is 4. The predicted molar refractivity (Wildman–Crippen MR) is 76.0 cm³/mol. The fourth-order valence-corrected chi connectivity index (χ4v) is 2.65. The van der Waals surface area contributed by atoms with Crippen molar-refractivity contribution in [3.8, 4) is 0 Å². The molecule has 0 fully saturated rings. The van der Waals surface area contributed by atoms with E-state index in [0.29, 0.717) is 6.04 Å². The van der Waals surface area contributed by atoms with Crippen LogP contribution in [0.1, 0.15) is 24.1 Å². The van der Waals surface area contributed by atoms with Crippen LogP contribution < -0.4 is 5.32 Å². The summed E-state index contributed by atoms with van der Waals surface area (Å²) in [6, 6.07) is 10.2. The summed E-state index contributed by atoms with van der Waals surface area (Å²) < 4.78 is 0.833. The van der Waals surface area contributed by atoms with E-state index in [2.05, 4.69) is 17.6 Å². The molecular weight excluding hydrogens is 273 g/mol. The zero-order chi connectivity index (χ0) is 12.3. The summed E-state index contributed by atoms with van der Waals surface area (Å²) in [4.78, 5) is 0. The van der Waals surface area contributed by atoms with Crippen molar-refractivity contribution in [2.45, 2.75) is 19.5 Å². The van der Waals surface area contributed by atoms with Crippen LogP contribution in [0.5, 0.6) is 0 Å². The highest BCUT2D eigenvalue weighted by Crippen LogP contribution is 2.24. The second kappa shape index (κ2) is 5.87. The summed E-state index contributed by atoms with van der Waals surface area (Å²) in [5.41, 5.74) is 2.46. The van der Waals surface area contributed by atoms with E-state index in [1.807, 2.05) is 30.3 Å². The first-order chi connectivity index (χ1) is 8.15. The average Bonchev–Trinajstić information content (AvgIpc) is 2.75. The van der Waals surface area contributed by atoms with Gasteiger partial charge in [0.1, 0.15) is 0 Å². The Labute approximate surface area is 115 Å². The quantitative estimate of drug-likeness (QED) is 0.842. The molecule has 1 heterocycles. The van der Waals surface area contributed by atoms with Crippen molar-refractivity contribution >= 4 is 34.5 Å². The lowest BCUT2D eigenvalue weighted by Gasteiger charge is -2.12. The largest absolute Gasteiger partial charge is 0.306 e. The molecule has 0 saturated carbocycles. The van der Waals surface area contributed by atoms with Gasteiger partial charge in [-0.1, -0.05) is 35.3 Å². The first-order valence-electron chi connectivity index (χ1n) is 5.37. The summed E-state index contributed by atoms with van der Waals surface area (Å²) in [6.07, 6.45) is 0. The Morgan fingerprint density at radius 2 is 1.94 bits per heavy atom. The maximum Gasteiger partial charge on any atom is 0.0931 e. The van der Waals surface area contributed by atoms with Crippen LogP contribution in [0.2, 0.25) is 9.36 Å². The van der Waals surface area contributed by atoms with E-state index in [-0.39, 0.29) is 0 Å². The fraction of sp³-hybridized carbons (Fsp3) is 0.231. The normalized spacial score (nSPS) is 12.6. The molecule has 1 atom stereocenters. The van der Waals surface area contributed by atoms with Gasteiger partial charge in [-0.25, -0.2) is 0 Å². The van der Waals surface area contributed by atoms with Crippen LogP contribution >= 0.6 is 34.5 Å². The van der Waals surface area contributed by atoms with Gasteiger partial charge in [0.15, 0.2) is 0 Å². The molecule has 0 amide bonds. The molecule has 90 valence electrons. The highest BCUT2D eigenvalue weighted by atomic mass is 35.5. The summed E-state index contributed by atoms with van der Waals surface area (Å²) in [5.74, 6) is 0. The van der Waals surface area contributed by atoms with Crippen LogP contribution in [0.3, 0.4) is 0 Å². The van der Waals surface area contributed by atoms with Crippen LogP contribution in [0.15, 0.2) is 35.7 Å². The molecule has 17 heavy (non-hydrogen) atoms. The molecule has 4 heteroatoms. The Morgan fingerprint density at radius 1 is 1.24 bits per heavy atom. The molecule has 0 bridgehead atoms. The lowest BCUT2D eigenvalue weighted by molar-refractivity contribution is 0.576. The van der Waals surface area contributed by atoms with E-state index in [9.17, 15) is 0 Å². The molecule has 1 aromatic carbocycles. The number of thiophene rings is 1. The zero-order valence-corrected chi connectivity index (χ0v) is 11.7. The smallest absolute Gasteiger partial charge is 0.0931 e. The van der Waals surface area contributed by atoms with Gasteiger partial charge in [0.05, 0.1) is 4.34 Å². The maximum absolute atomic E-state index is 5.92. The van der Waals surface area contributed by atoms with Crippen molar-refractivity contribution < 1.29 is 0 Å². The Bertz CT molecular complexity index is 478. The number of benzene rings is 1. The van der Waals surface area contributed by atoms with E-state index in [1.54, 1.807) is 11.3 Å². The minimum absolute atomic E-state index is 0.300. The predicted octanol–water partition coefficient (Wildman–Crippen LogP) is 4.91. The Morgan fingerprint density at radius 3 is 2.53 bits per heavy atom. The fourth-order valence-electron chi connectivity index (χ4n) is 1.54. The van der Waals surface area contributed by atoms with Gasteiger partial charge in [-0.2, -0.15) is 0 Å². The zero-order valence-electron chi connectivity index (χ0n) is 9.41. The number of halogens is 2. The van der Waals surface area contributed by atoms with Crippen LogP contribution in [0, 0.1) is 0 Å². The van der Waals surface area contributed by atoms with Gasteiger partial charge in [0.25, 0.3) is 0 Å². The van der Waals surface area contributed by atoms with Gasteiger partial charge in [0.2, 0.25) is 0 Å². The third kappa shape index (κ3) is 3.71. The maximum atomic E-state index is 5.92. The van der Waals surface area contributed by atoms with Gasteiger partial charge in [0, 0.05) is 17.6 Å². The van der Waals surface area contributed by atoms with Gasteiger partial charge in [-0.05, 0) is 41.6 Å². The van der Waals surface area contributed by atoms with Crippen molar-refractivity contribution in [1.82, 2.24) is 5.32 Å². The van der Waals surface area contributed by atoms with Crippen LogP contribution in [0.4, 0.5) is 0 Å². The highest BCUT2D eigenvalue weighted by Gasteiger charge is 2.06. The van der Waals surface area contributed by atoms with E-state index < -0.39 is 0 Å². The summed E-state index contributed by atoms with van der Waals surface area (Å²) in [5, 5.41) is 6.31. The van der Waals surface area contributed by atoms with Gasteiger partial charge >= 0.3 is 0 Å². The molecule has 1 aromatic heterocycles. The SMILES string of the molecule is CC(NCc1ccc(Cl)cc1)c1csc(Cl)c1. The van der Waals surface area contributed by atoms with Crippen molar-refractivity contribution in [2.24, 2.45) is 0 Å². The molecule has 0 radical (unpaired) electrons. The van der Waals surface area contributed by atoms with Gasteiger partial charge in [-0.3, -0.25) is 0 Å². The molecule has 1 unspecified atom stereocenters. The van der Waals surface area contributed by atoms with Crippen molar-refractivity contribution in [2.75, 3.05) is 0 Å². The van der Waals surface area contributed by atoms with E-state index >= 15 is 0 Å². The van der Waals surface area contributed by atoms with Crippen molar-refractivity contribution in [3.63, 3.8) is 0 Å². The van der Waals surface area contributed by atoms with Gasteiger partial charge < -0.3 is 5.32 Å². The Hall–Kier alpha value is -0.540. The summed E-state index contributed by atoms with van der Waals surface area (Å²) in [6.45, 7) is 2.96. The van der Waals surface area contributed by atoms with Crippen LogP contribution in [-0.4, -0.2) is 0 Å². The third-order valence-corrected chi connectivity index (χ3v) is 3.97. The van der Waals surface area contributed by atoms with Crippen molar-refractivity contribution in [1.29, 1.82) is 0 Å². The second-order valence-electron chi connectivity index (χ2n) is 3.91. The van der Waals surface area contributed by atoms with Crippen LogP contribution in [0.25, 0.3) is 0 Å². The molecule has 2 rings (SSSR count). The van der Waals surface area contributed by atoms with E-state index in [1.165, 1.54) is 11.1 Å². The lowest BCUT2D eigenvalue weighted by atomic mass is 10.1. The van der Waals surface area contributed by atoms with E-state index in [0.717, 1.165) is 15.9 Å². The molecule has 0 aliphatic carbocycles. The number of nitrogens with one attached hydrogen (secondary N) is 1. The monoisotopic (exact) mass is 285 g/mol. The molecule has 1 nitrogen and oxygen atoms in total. The van der Waals surface area contributed by atoms with E-state index in [4.69, 9.17) is 23.2 Å². The second-order valence-corrected chi connectivity index (χ2v) is 5.89. The molecule has 0 spiro atoms. The molecule has 0 saturated heterocycles. The topological polar surface area (TPSA) is 12.0 Å². The summed E-state index contributed by atoms with van der Waals surface area (Å²) >= 11 is 13.3.